The van der Waals surface area contributed by atoms with Crippen molar-refractivity contribution in [3.63, 3.8) is 0 Å². The first kappa shape index (κ1) is 11.6. The lowest BCUT2D eigenvalue weighted by molar-refractivity contribution is 0.0970. The molecule has 5 heteroatoms. The van der Waals surface area contributed by atoms with Gasteiger partial charge in [0.05, 0.1) is 12.2 Å². The van der Waals surface area contributed by atoms with E-state index in [0.29, 0.717) is 24.6 Å². The van der Waals surface area contributed by atoms with Gasteiger partial charge in [-0.05, 0) is 24.3 Å². The van der Waals surface area contributed by atoms with Crippen molar-refractivity contribution in [1.82, 2.24) is 4.98 Å². The Morgan fingerprint density at radius 2 is 2.05 bits per heavy atom. The number of amides is 1. The third kappa shape index (κ3) is 2.14. The number of benzene rings is 1. The van der Waals surface area contributed by atoms with Gasteiger partial charge in [-0.2, -0.15) is 4.39 Å². The normalized spacial score (nSPS) is 13.6. The molecule has 1 aliphatic rings. The fourth-order valence-electron chi connectivity index (χ4n) is 2.05. The SMILES string of the molecule is O=C(c1cccc(F)n1)N1CCOc2ccccc21. The van der Waals surface area contributed by atoms with Crippen LogP contribution in [0.1, 0.15) is 10.5 Å². The second kappa shape index (κ2) is 4.68. The number of para-hydroxylation sites is 2. The predicted octanol–water partition coefficient (Wildman–Crippen LogP) is 2.26. The van der Waals surface area contributed by atoms with Crippen molar-refractivity contribution in [3.8, 4) is 5.75 Å². The van der Waals surface area contributed by atoms with Crippen LogP contribution < -0.4 is 9.64 Å². The molecule has 0 fully saturated rings. The first-order chi connectivity index (χ1) is 9.25. The Morgan fingerprint density at radius 3 is 2.89 bits per heavy atom. The zero-order valence-electron chi connectivity index (χ0n) is 10.0. The summed E-state index contributed by atoms with van der Waals surface area (Å²) in [5.74, 6) is -0.332. The smallest absolute Gasteiger partial charge is 0.277 e. The van der Waals surface area contributed by atoms with Crippen molar-refractivity contribution in [3.05, 3.63) is 54.1 Å². The average molecular weight is 258 g/mol. The molecule has 19 heavy (non-hydrogen) atoms. The van der Waals surface area contributed by atoms with Gasteiger partial charge >= 0.3 is 0 Å². The molecule has 0 saturated carbocycles. The van der Waals surface area contributed by atoms with Crippen molar-refractivity contribution >= 4 is 11.6 Å². The highest BCUT2D eigenvalue weighted by atomic mass is 19.1. The Balaban J connectivity index is 1.98. The highest BCUT2D eigenvalue weighted by Gasteiger charge is 2.25. The van der Waals surface area contributed by atoms with E-state index in [1.54, 1.807) is 17.0 Å². The third-order valence-electron chi connectivity index (χ3n) is 2.91. The molecule has 1 amide bonds. The van der Waals surface area contributed by atoms with Gasteiger partial charge in [0, 0.05) is 0 Å². The zero-order chi connectivity index (χ0) is 13.2. The summed E-state index contributed by atoms with van der Waals surface area (Å²) in [6, 6.07) is 11.5. The van der Waals surface area contributed by atoms with Gasteiger partial charge in [0.15, 0.2) is 0 Å². The predicted molar refractivity (Wildman–Crippen MR) is 67.8 cm³/mol. The molecule has 0 unspecified atom stereocenters. The maximum Gasteiger partial charge on any atom is 0.277 e. The van der Waals surface area contributed by atoms with E-state index in [4.69, 9.17) is 4.74 Å². The van der Waals surface area contributed by atoms with Crippen molar-refractivity contribution in [1.29, 1.82) is 0 Å². The van der Waals surface area contributed by atoms with Crippen LogP contribution in [0.2, 0.25) is 0 Å². The molecule has 0 bridgehead atoms. The molecule has 2 heterocycles. The average Bonchev–Trinajstić information content (AvgIpc) is 2.46. The molecule has 1 aromatic heterocycles. The minimum absolute atomic E-state index is 0.0942. The molecule has 0 N–H and O–H groups in total. The van der Waals surface area contributed by atoms with Gasteiger partial charge in [-0.25, -0.2) is 4.98 Å². The molecule has 0 saturated heterocycles. The van der Waals surface area contributed by atoms with Crippen LogP contribution in [0.25, 0.3) is 0 Å². The number of halogens is 1. The molecular weight excluding hydrogens is 247 g/mol. The molecule has 1 aliphatic heterocycles. The highest BCUT2D eigenvalue weighted by Crippen LogP contribution is 2.31. The molecule has 3 rings (SSSR count). The van der Waals surface area contributed by atoms with E-state index in [0.717, 1.165) is 0 Å². The summed E-state index contributed by atoms with van der Waals surface area (Å²) in [6.45, 7) is 0.839. The van der Waals surface area contributed by atoms with E-state index in [-0.39, 0.29) is 11.6 Å². The maximum atomic E-state index is 13.1. The fourth-order valence-corrected chi connectivity index (χ4v) is 2.05. The van der Waals surface area contributed by atoms with E-state index in [1.807, 2.05) is 12.1 Å². The zero-order valence-corrected chi connectivity index (χ0v) is 10.0. The number of aromatic nitrogens is 1. The van der Waals surface area contributed by atoms with Crippen LogP contribution in [0.3, 0.4) is 0 Å². The van der Waals surface area contributed by atoms with Crippen LogP contribution in [-0.2, 0) is 0 Å². The number of carbonyl (C=O) groups is 1. The van der Waals surface area contributed by atoms with Gasteiger partial charge in [-0.15, -0.1) is 0 Å². The van der Waals surface area contributed by atoms with E-state index < -0.39 is 5.95 Å². The minimum Gasteiger partial charge on any atom is -0.490 e. The summed E-state index contributed by atoms with van der Waals surface area (Å²) in [5, 5.41) is 0. The van der Waals surface area contributed by atoms with Crippen molar-refractivity contribution in [2.45, 2.75) is 0 Å². The number of ether oxygens (including phenoxy) is 1. The summed E-state index contributed by atoms with van der Waals surface area (Å²) < 4.78 is 18.6. The fraction of sp³-hybridized carbons (Fsp3) is 0.143. The summed E-state index contributed by atoms with van der Waals surface area (Å²) in [5.41, 5.74) is 0.779. The van der Waals surface area contributed by atoms with E-state index in [1.165, 1.54) is 18.2 Å². The van der Waals surface area contributed by atoms with Crippen LogP contribution in [0.15, 0.2) is 42.5 Å². The largest absolute Gasteiger partial charge is 0.490 e. The number of hydrogen-bond donors (Lipinski definition) is 0. The summed E-state index contributed by atoms with van der Waals surface area (Å²) >= 11 is 0. The van der Waals surface area contributed by atoms with Gasteiger partial charge in [0.25, 0.3) is 5.91 Å². The molecular formula is C14H11FN2O2. The second-order valence-electron chi connectivity index (χ2n) is 4.12. The topological polar surface area (TPSA) is 42.4 Å². The minimum atomic E-state index is -0.660. The standard InChI is InChI=1S/C14H11FN2O2/c15-13-7-3-4-10(16-13)14(18)17-8-9-19-12-6-2-1-5-11(12)17/h1-7H,8-9H2. The van der Waals surface area contributed by atoms with Gasteiger partial charge in [0.2, 0.25) is 5.95 Å². The summed E-state index contributed by atoms with van der Waals surface area (Å²) in [7, 11) is 0. The Morgan fingerprint density at radius 1 is 1.21 bits per heavy atom. The van der Waals surface area contributed by atoms with Gasteiger partial charge in [-0.3, -0.25) is 4.79 Å². The monoisotopic (exact) mass is 258 g/mol. The number of hydrogen-bond acceptors (Lipinski definition) is 3. The molecule has 1 aromatic carbocycles. The molecule has 0 radical (unpaired) electrons. The lowest BCUT2D eigenvalue weighted by Crippen LogP contribution is -2.38. The van der Waals surface area contributed by atoms with Crippen molar-refractivity contribution in [2.75, 3.05) is 18.1 Å². The lowest BCUT2D eigenvalue weighted by Gasteiger charge is -2.29. The first-order valence-corrected chi connectivity index (χ1v) is 5.92. The van der Waals surface area contributed by atoms with Gasteiger partial charge in [-0.1, -0.05) is 18.2 Å². The highest BCUT2D eigenvalue weighted by molar-refractivity contribution is 6.05. The Labute approximate surface area is 109 Å². The molecule has 0 aliphatic carbocycles. The Kier molecular flexibility index (Phi) is 2.87. The third-order valence-corrected chi connectivity index (χ3v) is 2.91. The number of anilines is 1. The molecule has 96 valence electrons. The number of fused-ring (bicyclic) bond motifs is 1. The van der Waals surface area contributed by atoms with E-state index in [2.05, 4.69) is 4.98 Å². The number of carbonyl (C=O) groups excluding carboxylic acids is 1. The quantitative estimate of drug-likeness (QED) is 0.737. The second-order valence-corrected chi connectivity index (χ2v) is 4.12. The molecule has 2 aromatic rings. The number of nitrogens with zero attached hydrogens (tertiary/aromatic N) is 2. The van der Waals surface area contributed by atoms with Crippen molar-refractivity contribution in [2.24, 2.45) is 0 Å². The van der Waals surface area contributed by atoms with E-state index >= 15 is 0 Å². The van der Waals surface area contributed by atoms with Gasteiger partial charge in [0.1, 0.15) is 18.1 Å². The van der Waals surface area contributed by atoms with Crippen LogP contribution >= 0.6 is 0 Å². The summed E-state index contributed by atoms with van der Waals surface area (Å²) in [6.07, 6.45) is 0. The van der Waals surface area contributed by atoms with Crippen LogP contribution in [0.5, 0.6) is 5.75 Å². The molecule has 0 spiro atoms. The Hall–Kier alpha value is -2.43. The lowest BCUT2D eigenvalue weighted by atomic mass is 10.2. The maximum absolute atomic E-state index is 13.1. The first-order valence-electron chi connectivity index (χ1n) is 5.92. The summed E-state index contributed by atoms with van der Waals surface area (Å²) in [4.78, 5) is 17.5. The number of pyridine rings is 1. The Bertz CT molecular complexity index is 630. The molecule has 0 atom stereocenters. The van der Waals surface area contributed by atoms with Crippen LogP contribution in [0, 0.1) is 5.95 Å². The number of rotatable bonds is 1. The van der Waals surface area contributed by atoms with Crippen LogP contribution in [-0.4, -0.2) is 24.0 Å². The van der Waals surface area contributed by atoms with Crippen molar-refractivity contribution < 1.29 is 13.9 Å². The molecule has 4 nitrogen and oxygen atoms in total. The van der Waals surface area contributed by atoms with Gasteiger partial charge < -0.3 is 9.64 Å². The van der Waals surface area contributed by atoms with Crippen LogP contribution in [0.4, 0.5) is 10.1 Å². The van der Waals surface area contributed by atoms with E-state index in [9.17, 15) is 9.18 Å².